The Morgan fingerprint density at radius 2 is 2.39 bits per heavy atom. The summed E-state index contributed by atoms with van der Waals surface area (Å²) in [7, 11) is 0. The molecule has 94 valence electrons. The van der Waals surface area contributed by atoms with E-state index in [2.05, 4.69) is 23.2 Å². The molecule has 1 aromatic heterocycles. The number of carbonyl (C=O) groups is 2. The third-order valence-corrected chi connectivity index (χ3v) is 1.80. The van der Waals surface area contributed by atoms with Gasteiger partial charge in [0.05, 0.1) is 18.4 Å². The van der Waals surface area contributed by atoms with Crippen molar-refractivity contribution in [2.45, 2.75) is 13.0 Å². The Kier molecular flexibility index (Phi) is 5.26. The maximum atomic E-state index is 11.5. The lowest BCUT2D eigenvalue weighted by Gasteiger charge is -2.06. The lowest BCUT2D eigenvalue weighted by atomic mass is 10.3. The van der Waals surface area contributed by atoms with E-state index in [9.17, 15) is 9.59 Å². The summed E-state index contributed by atoms with van der Waals surface area (Å²) in [6.07, 6.45) is 3.03. The topological polar surface area (TPSA) is 65.7 Å². The van der Waals surface area contributed by atoms with Crippen LogP contribution in [-0.2, 0) is 14.3 Å². The summed E-state index contributed by atoms with van der Waals surface area (Å²) in [5.41, 5.74) is 0.264. The first kappa shape index (κ1) is 13.6. The van der Waals surface area contributed by atoms with Crippen molar-refractivity contribution in [2.24, 2.45) is 0 Å². The Labute approximate surface area is 104 Å². The molecular weight excluding hydrogens is 236 g/mol. The summed E-state index contributed by atoms with van der Waals surface area (Å²) in [6.45, 7) is 5.37. The van der Waals surface area contributed by atoms with Crippen molar-refractivity contribution in [3.63, 3.8) is 0 Å². The van der Waals surface area contributed by atoms with Gasteiger partial charge < -0.3 is 13.9 Å². The van der Waals surface area contributed by atoms with Crippen molar-refractivity contribution >= 4 is 11.9 Å². The molecule has 0 spiro atoms. The zero-order valence-electron chi connectivity index (χ0n) is 9.84. The molecule has 0 N–H and O–H groups in total. The van der Waals surface area contributed by atoms with Gasteiger partial charge in [-0.2, -0.15) is 0 Å². The van der Waals surface area contributed by atoms with Crippen LogP contribution in [0.5, 0.6) is 0 Å². The van der Waals surface area contributed by atoms with E-state index in [0.717, 1.165) is 0 Å². The van der Waals surface area contributed by atoms with Crippen LogP contribution in [0.2, 0.25) is 0 Å². The minimum Gasteiger partial charge on any atom is -0.472 e. The van der Waals surface area contributed by atoms with Gasteiger partial charge in [-0.1, -0.05) is 6.58 Å². The largest absolute Gasteiger partial charge is 0.472 e. The Morgan fingerprint density at radius 1 is 1.61 bits per heavy atom. The molecule has 0 saturated heterocycles. The van der Waals surface area contributed by atoms with E-state index >= 15 is 0 Å². The normalized spacial score (nSPS) is 10.7. The first-order chi connectivity index (χ1) is 8.67. The maximum Gasteiger partial charge on any atom is 0.384 e. The van der Waals surface area contributed by atoms with Crippen LogP contribution in [0.4, 0.5) is 0 Å². The van der Waals surface area contributed by atoms with Crippen LogP contribution in [0.15, 0.2) is 35.7 Å². The molecular formula is C13H12O5. The molecule has 0 aliphatic rings. The maximum absolute atomic E-state index is 11.5. The highest BCUT2D eigenvalue weighted by molar-refractivity contribution is 5.90. The van der Waals surface area contributed by atoms with Crippen LogP contribution in [0.25, 0.3) is 0 Å². The molecule has 1 atom stereocenters. The van der Waals surface area contributed by atoms with E-state index < -0.39 is 18.0 Å². The van der Waals surface area contributed by atoms with Crippen molar-refractivity contribution in [2.75, 3.05) is 6.61 Å². The van der Waals surface area contributed by atoms with Crippen molar-refractivity contribution in [1.29, 1.82) is 0 Å². The van der Waals surface area contributed by atoms with E-state index in [1.807, 2.05) is 0 Å². The fourth-order valence-corrected chi connectivity index (χ4v) is 0.998. The van der Waals surface area contributed by atoms with Crippen molar-refractivity contribution in [3.05, 3.63) is 36.8 Å². The fourth-order valence-electron chi connectivity index (χ4n) is 0.998. The zero-order chi connectivity index (χ0) is 13.4. The standard InChI is InChI=1S/C13H12O5/c1-3-11(5-6-12(14)17-4-2)18-13(15)10-7-8-16-9-10/h3,7-9,11H,1,4H2,2H3. The van der Waals surface area contributed by atoms with Crippen LogP contribution in [0, 0.1) is 11.8 Å². The van der Waals surface area contributed by atoms with E-state index in [1.54, 1.807) is 6.92 Å². The van der Waals surface area contributed by atoms with Crippen molar-refractivity contribution in [1.82, 2.24) is 0 Å². The van der Waals surface area contributed by atoms with Gasteiger partial charge in [0.1, 0.15) is 6.26 Å². The summed E-state index contributed by atoms with van der Waals surface area (Å²) in [4.78, 5) is 22.5. The van der Waals surface area contributed by atoms with Gasteiger partial charge in [-0.25, -0.2) is 9.59 Å². The first-order valence-corrected chi connectivity index (χ1v) is 5.21. The Bertz CT molecular complexity index is 475. The van der Waals surface area contributed by atoms with Crippen molar-refractivity contribution < 1.29 is 23.5 Å². The number of rotatable bonds is 4. The number of ether oxygens (including phenoxy) is 2. The first-order valence-electron chi connectivity index (χ1n) is 5.21. The average molecular weight is 248 g/mol. The third-order valence-electron chi connectivity index (χ3n) is 1.80. The molecule has 5 heteroatoms. The monoisotopic (exact) mass is 248 g/mol. The molecule has 1 unspecified atom stereocenters. The highest BCUT2D eigenvalue weighted by Crippen LogP contribution is 2.05. The molecule has 0 aliphatic heterocycles. The van der Waals surface area contributed by atoms with Gasteiger partial charge in [-0.15, -0.1) is 0 Å². The fraction of sp³-hybridized carbons (Fsp3) is 0.231. The molecule has 0 aromatic carbocycles. The smallest absolute Gasteiger partial charge is 0.384 e. The SMILES string of the molecule is C=CC(C#CC(=O)OCC)OC(=O)c1ccoc1. The van der Waals surface area contributed by atoms with Crippen LogP contribution in [0.3, 0.4) is 0 Å². The second kappa shape index (κ2) is 6.97. The van der Waals surface area contributed by atoms with Gasteiger partial charge in [0.2, 0.25) is 0 Å². The van der Waals surface area contributed by atoms with Crippen LogP contribution < -0.4 is 0 Å². The third kappa shape index (κ3) is 4.18. The number of hydrogen-bond acceptors (Lipinski definition) is 5. The average Bonchev–Trinajstić information content (AvgIpc) is 2.88. The number of esters is 2. The van der Waals surface area contributed by atoms with Gasteiger partial charge in [0, 0.05) is 5.92 Å². The molecule has 5 nitrogen and oxygen atoms in total. The molecule has 0 bridgehead atoms. The van der Waals surface area contributed by atoms with Crippen LogP contribution in [-0.4, -0.2) is 24.6 Å². The zero-order valence-corrected chi connectivity index (χ0v) is 9.84. The Morgan fingerprint density at radius 3 is 2.94 bits per heavy atom. The van der Waals surface area contributed by atoms with Crippen LogP contribution >= 0.6 is 0 Å². The molecule has 1 heterocycles. The Hall–Kier alpha value is -2.48. The number of furan rings is 1. The summed E-state index contributed by atoms with van der Waals surface area (Å²) in [6, 6.07) is 1.46. The second-order valence-electron chi connectivity index (χ2n) is 3.06. The van der Waals surface area contributed by atoms with E-state index in [4.69, 9.17) is 9.15 Å². The summed E-state index contributed by atoms with van der Waals surface area (Å²) in [5, 5.41) is 0. The predicted octanol–water partition coefficient (Wildman–Crippen LogP) is 1.56. The molecule has 0 amide bonds. The van der Waals surface area contributed by atoms with Gasteiger partial charge in [0.25, 0.3) is 0 Å². The molecule has 18 heavy (non-hydrogen) atoms. The highest BCUT2D eigenvalue weighted by atomic mass is 16.5. The van der Waals surface area contributed by atoms with E-state index in [1.165, 1.54) is 24.7 Å². The lowest BCUT2D eigenvalue weighted by molar-refractivity contribution is -0.136. The van der Waals surface area contributed by atoms with Gasteiger partial charge >= 0.3 is 11.9 Å². The quantitative estimate of drug-likeness (QED) is 0.350. The van der Waals surface area contributed by atoms with Gasteiger partial charge in [-0.3, -0.25) is 0 Å². The van der Waals surface area contributed by atoms with Gasteiger partial charge in [-0.05, 0) is 25.0 Å². The molecule has 0 aliphatic carbocycles. The van der Waals surface area contributed by atoms with Gasteiger partial charge in [0.15, 0.2) is 6.10 Å². The molecule has 0 saturated carbocycles. The predicted molar refractivity (Wildman–Crippen MR) is 62.5 cm³/mol. The van der Waals surface area contributed by atoms with E-state index in [0.29, 0.717) is 0 Å². The summed E-state index contributed by atoms with van der Waals surface area (Å²) in [5.74, 6) is 3.35. The van der Waals surface area contributed by atoms with E-state index in [-0.39, 0.29) is 12.2 Å². The highest BCUT2D eigenvalue weighted by Gasteiger charge is 2.12. The molecule has 1 aromatic rings. The minimum absolute atomic E-state index is 0.237. The number of carbonyl (C=O) groups excluding carboxylic acids is 2. The second-order valence-corrected chi connectivity index (χ2v) is 3.06. The minimum atomic E-state index is -0.878. The lowest BCUT2D eigenvalue weighted by Crippen LogP contribution is -2.14. The molecule has 1 rings (SSSR count). The van der Waals surface area contributed by atoms with Crippen LogP contribution in [0.1, 0.15) is 17.3 Å². The van der Waals surface area contributed by atoms with Crippen molar-refractivity contribution in [3.8, 4) is 11.8 Å². The summed E-state index contributed by atoms with van der Waals surface area (Å²) < 4.78 is 14.3. The summed E-state index contributed by atoms with van der Waals surface area (Å²) >= 11 is 0. The number of hydrogen-bond donors (Lipinski definition) is 0. The Balaban J connectivity index is 2.60. The molecule has 0 radical (unpaired) electrons. The molecule has 0 fully saturated rings.